The van der Waals surface area contributed by atoms with Gasteiger partial charge in [0.25, 0.3) is 0 Å². The maximum atomic E-state index is 10.4. The molecule has 2 heterocycles. The van der Waals surface area contributed by atoms with E-state index < -0.39 is 0 Å². The van der Waals surface area contributed by atoms with E-state index in [0.29, 0.717) is 5.65 Å². The van der Waals surface area contributed by atoms with Gasteiger partial charge in [-0.15, -0.1) is 0 Å². The molecule has 0 amide bonds. The van der Waals surface area contributed by atoms with Crippen molar-refractivity contribution in [2.75, 3.05) is 0 Å². The molecule has 2 aromatic carbocycles. The molecule has 0 unspecified atom stereocenters. The largest absolute Gasteiger partial charge is 0.493 e. The molecule has 0 aliphatic carbocycles. The summed E-state index contributed by atoms with van der Waals surface area (Å²) in [5, 5.41) is 14.8. The average Bonchev–Trinajstić information content (AvgIpc) is 3.08. The van der Waals surface area contributed by atoms with Gasteiger partial charge in [-0.3, -0.25) is 0 Å². The van der Waals surface area contributed by atoms with E-state index in [-0.39, 0.29) is 11.8 Å². The Kier molecular flexibility index (Phi) is 4.39. The van der Waals surface area contributed by atoms with Crippen molar-refractivity contribution in [2.45, 2.75) is 29.6 Å². The van der Waals surface area contributed by atoms with Crippen LogP contribution in [0.25, 0.3) is 16.8 Å². The number of aromatic nitrogens is 3. The fourth-order valence-electron chi connectivity index (χ4n) is 2.87. The summed E-state index contributed by atoms with van der Waals surface area (Å²) in [7, 11) is 0. The molecular weight excluding hydrogens is 342 g/mol. The van der Waals surface area contributed by atoms with Crippen LogP contribution in [0.2, 0.25) is 0 Å². The summed E-state index contributed by atoms with van der Waals surface area (Å²) in [5.74, 6) is 0.348. The standard InChI is InChI=1S/C21H19N3OS/c1-14(2)18-12-22-20-19(13-23-24(20)21(18)25)15-8-10-17(11-9-15)26-16-6-4-3-5-7-16/h3-14,25H,1-2H3. The smallest absolute Gasteiger partial charge is 0.219 e. The van der Waals surface area contributed by atoms with Gasteiger partial charge in [0.2, 0.25) is 5.88 Å². The van der Waals surface area contributed by atoms with Crippen molar-refractivity contribution in [1.29, 1.82) is 0 Å². The van der Waals surface area contributed by atoms with Crippen molar-refractivity contribution >= 4 is 17.4 Å². The third kappa shape index (κ3) is 3.06. The van der Waals surface area contributed by atoms with Crippen LogP contribution >= 0.6 is 11.8 Å². The van der Waals surface area contributed by atoms with Crippen molar-refractivity contribution in [3.8, 4) is 17.0 Å². The number of benzene rings is 2. The Bertz CT molecular complexity index is 1040. The Hall–Kier alpha value is -2.79. The van der Waals surface area contributed by atoms with E-state index in [2.05, 4.69) is 46.5 Å². The molecule has 0 saturated heterocycles. The molecule has 130 valence electrons. The zero-order valence-electron chi connectivity index (χ0n) is 14.6. The molecule has 0 saturated carbocycles. The number of aromatic hydroxyl groups is 1. The van der Waals surface area contributed by atoms with Crippen LogP contribution in [0.1, 0.15) is 25.3 Å². The molecule has 4 nitrogen and oxygen atoms in total. The summed E-state index contributed by atoms with van der Waals surface area (Å²) in [6.07, 6.45) is 3.49. The van der Waals surface area contributed by atoms with Crippen molar-refractivity contribution in [2.24, 2.45) is 0 Å². The Labute approximate surface area is 156 Å². The number of nitrogens with zero attached hydrogens (tertiary/aromatic N) is 3. The van der Waals surface area contributed by atoms with Gasteiger partial charge in [-0.05, 0) is 35.7 Å². The van der Waals surface area contributed by atoms with Gasteiger partial charge in [0.15, 0.2) is 5.65 Å². The molecule has 0 bridgehead atoms. The second-order valence-corrected chi connectivity index (χ2v) is 7.57. The first-order valence-corrected chi connectivity index (χ1v) is 9.34. The SMILES string of the molecule is CC(C)c1cnc2c(-c3ccc(Sc4ccccc4)cc3)cnn2c1O. The molecule has 4 aromatic rings. The Morgan fingerprint density at radius 2 is 1.62 bits per heavy atom. The average molecular weight is 361 g/mol. The van der Waals surface area contributed by atoms with Crippen LogP contribution in [0.5, 0.6) is 5.88 Å². The Morgan fingerprint density at radius 1 is 0.923 bits per heavy atom. The predicted molar refractivity (Wildman–Crippen MR) is 105 cm³/mol. The number of hydrogen-bond acceptors (Lipinski definition) is 4. The zero-order valence-corrected chi connectivity index (χ0v) is 15.4. The van der Waals surface area contributed by atoms with E-state index in [1.54, 1.807) is 24.2 Å². The van der Waals surface area contributed by atoms with Gasteiger partial charge in [0, 0.05) is 27.1 Å². The van der Waals surface area contributed by atoms with Crippen LogP contribution in [0, 0.1) is 0 Å². The molecule has 1 N–H and O–H groups in total. The van der Waals surface area contributed by atoms with Gasteiger partial charge in [-0.2, -0.15) is 9.61 Å². The lowest BCUT2D eigenvalue weighted by Crippen LogP contribution is -1.98. The minimum Gasteiger partial charge on any atom is -0.493 e. The molecule has 26 heavy (non-hydrogen) atoms. The highest BCUT2D eigenvalue weighted by atomic mass is 32.2. The highest BCUT2D eigenvalue weighted by molar-refractivity contribution is 7.99. The Morgan fingerprint density at radius 3 is 2.31 bits per heavy atom. The third-order valence-corrected chi connectivity index (χ3v) is 5.31. The maximum Gasteiger partial charge on any atom is 0.219 e. The predicted octanol–water partition coefficient (Wildman–Crippen LogP) is 5.38. The highest BCUT2D eigenvalue weighted by Gasteiger charge is 2.15. The van der Waals surface area contributed by atoms with Crippen molar-refractivity contribution in [1.82, 2.24) is 14.6 Å². The molecule has 0 radical (unpaired) electrons. The molecule has 4 rings (SSSR count). The van der Waals surface area contributed by atoms with E-state index in [9.17, 15) is 5.11 Å². The molecule has 0 atom stereocenters. The second-order valence-electron chi connectivity index (χ2n) is 6.42. The molecule has 0 spiro atoms. The highest BCUT2D eigenvalue weighted by Crippen LogP contribution is 2.32. The summed E-state index contributed by atoms with van der Waals surface area (Å²) < 4.78 is 1.51. The first-order chi connectivity index (χ1) is 12.6. The third-order valence-electron chi connectivity index (χ3n) is 4.29. The second kappa shape index (κ2) is 6.84. The lowest BCUT2D eigenvalue weighted by molar-refractivity contribution is 0.424. The Balaban J connectivity index is 1.66. The topological polar surface area (TPSA) is 50.4 Å². The first-order valence-electron chi connectivity index (χ1n) is 8.52. The summed E-state index contributed by atoms with van der Waals surface area (Å²) >= 11 is 1.73. The van der Waals surface area contributed by atoms with Gasteiger partial charge in [0.1, 0.15) is 0 Å². The van der Waals surface area contributed by atoms with Crippen molar-refractivity contribution < 1.29 is 5.11 Å². The van der Waals surface area contributed by atoms with E-state index in [4.69, 9.17) is 0 Å². The van der Waals surface area contributed by atoms with Gasteiger partial charge in [-0.25, -0.2) is 4.98 Å². The maximum absolute atomic E-state index is 10.4. The summed E-state index contributed by atoms with van der Waals surface area (Å²) in [6, 6.07) is 18.6. The molecule has 0 aliphatic heterocycles. The van der Waals surface area contributed by atoms with Crippen LogP contribution in [0.15, 0.2) is 76.8 Å². The van der Waals surface area contributed by atoms with E-state index in [1.165, 1.54) is 14.3 Å². The minimum atomic E-state index is 0.160. The van der Waals surface area contributed by atoms with Crippen LogP contribution in [-0.2, 0) is 0 Å². The van der Waals surface area contributed by atoms with Crippen LogP contribution < -0.4 is 0 Å². The molecular formula is C21H19N3OS. The minimum absolute atomic E-state index is 0.160. The fraction of sp³-hybridized carbons (Fsp3) is 0.143. The lowest BCUT2D eigenvalue weighted by Gasteiger charge is -2.09. The van der Waals surface area contributed by atoms with Crippen molar-refractivity contribution in [3.05, 3.63) is 72.6 Å². The first kappa shape index (κ1) is 16.7. The lowest BCUT2D eigenvalue weighted by atomic mass is 10.1. The van der Waals surface area contributed by atoms with Gasteiger partial charge >= 0.3 is 0 Å². The number of hydrogen-bond donors (Lipinski definition) is 1. The van der Waals surface area contributed by atoms with Gasteiger partial charge in [0.05, 0.1) is 6.20 Å². The quantitative estimate of drug-likeness (QED) is 0.530. The van der Waals surface area contributed by atoms with Crippen molar-refractivity contribution in [3.63, 3.8) is 0 Å². The van der Waals surface area contributed by atoms with Crippen LogP contribution in [0.4, 0.5) is 0 Å². The summed E-state index contributed by atoms with van der Waals surface area (Å²) in [5.41, 5.74) is 3.39. The summed E-state index contributed by atoms with van der Waals surface area (Å²) in [4.78, 5) is 6.91. The monoisotopic (exact) mass is 361 g/mol. The summed E-state index contributed by atoms with van der Waals surface area (Å²) in [6.45, 7) is 4.05. The fourth-order valence-corrected chi connectivity index (χ4v) is 3.71. The van der Waals surface area contributed by atoms with E-state index in [0.717, 1.165) is 16.7 Å². The van der Waals surface area contributed by atoms with Crippen LogP contribution in [0.3, 0.4) is 0 Å². The number of rotatable bonds is 4. The molecule has 0 fully saturated rings. The van der Waals surface area contributed by atoms with Gasteiger partial charge in [-0.1, -0.05) is 55.9 Å². The number of fused-ring (bicyclic) bond motifs is 1. The molecule has 2 aromatic heterocycles. The molecule has 5 heteroatoms. The van der Waals surface area contributed by atoms with E-state index in [1.807, 2.05) is 32.0 Å². The van der Waals surface area contributed by atoms with Crippen LogP contribution in [-0.4, -0.2) is 19.7 Å². The zero-order chi connectivity index (χ0) is 18.1. The van der Waals surface area contributed by atoms with E-state index >= 15 is 0 Å². The molecule has 0 aliphatic rings. The normalized spacial score (nSPS) is 11.3. The van der Waals surface area contributed by atoms with Gasteiger partial charge < -0.3 is 5.11 Å².